The molecule has 0 spiro atoms. The second-order valence-electron chi connectivity index (χ2n) is 4.80. The number of hydrogen-bond acceptors (Lipinski definition) is 2. The molecule has 0 fully saturated rings. The van der Waals surface area contributed by atoms with Crippen molar-refractivity contribution >= 4 is 28.8 Å². The number of carbonyl (C=O) groups excluding carboxylic acids is 1. The van der Waals surface area contributed by atoms with Crippen molar-refractivity contribution in [1.29, 1.82) is 0 Å². The Morgan fingerprint density at radius 1 is 1.14 bits per heavy atom. The predicted molar refractivity (Wildman–Crippen MR) is 83.6 cm³/mol. The van der Waals surface area contributed by atoms with E-state index in [1.807, 2.05) is 47.0 Å². The van der Waals surface area contributed by atoms with E-state index in [4.69, 9.17) is 16.3 Å². The first-order valence-electron chi connectivity index (χ1n) is 6.63. The Kier molecular flexibility index (Phi) is 4.04. The van der Waals surface area contributed by atoms with Gasteiger partial charge in [-0.25, -0.2) is 0 Å². The lowest BCUT2D eigenvalue weighted by Gasteiger charge is -2.07. The summed E-state index contributed by atoms with van der Waals surface area (Å²) in [6.07, 6.45) is 2.64. The number of aldehydes is 1. The minimum absolute atomic E-state index is 0.375. The van der Waals surface area contributed by atoms with Crippen LogP contribution in [0, 0.1) is 0 Å². The van der Waals surface area contributed by atoms with Gasteiger partial charge >= 0.3 is 0 Å². The lowest BCUT2D eigenvalue weighted by Crippen LogP contribution is -2.01. The molecular weight excluding hydrogens is 286 g/mol. The molecule has 21 heavy (non-hydrogen) atoms. The zero-order valence-corrected chi connectivity index (χ0v) is 12.1. The molecule has 0 atom stereocenters. The standard InChI is InChI=1S/C17H14ClNO2/c18-15-6-7-16-14(10-20)9-19(17(16)8-15)12-21-11-13-4-2-1-3-5-13/h1-10H,11-12H2. The van der Waals surface area contributed by atoms with Crippen LogP contribution in [0.25, 0.3) is 10.9 Å². The quantitative estimate of drug-likeness (QED) is 0.658. The molecule has 3 aromatic rings. The molecule has 2 aromatic carbocycles. The molecule has 106 valence electrons. The monoisotopic (exact) mass is 299 g/mol. The molecule has 0 aliphatic carbocycles. The molecule has 3 rings (SSSR count). The van der Waals surface area contributed by atoms with E-state index in [-0.39, 0.29) is 0 Å². The van der Waals surface area contributed by atoms with E-state index in [9.17, 15) is 4.79 Å². The van der Waals surface area contributed by atoms with Crippen molar-refractivity contribution in [3.8, 4) is 0 Å². The molecule has 3 nitrogen and oxygen atoms in total. The zero-order valence-electron chi connectivity index (χ0n) is 11.3. The summed E-state index contributed by atoms with van der Waals surface area (Å²) < 4.78 is 7.61. The number of carbonyl (C=O) groups is 1. The Labute approximate surface area is 127 Å². The maximum absolute atomic E-state index is 11.1. The van der Waals surface area contributed by atoms with Gasteiger partial charge in [-0.05, 0) is 17.7 Å². The number of hydrogen-bond donors (Lipinski definition) is 0. The maximum atomic E-state index is 11.1. The number of aromatic nitrogens is 1. The highest BCUT2D eigenvalue weighted by Gasteiger charge is 2.08. The highest BCUT2D eigenvalue weighted by molar-refractivity contribution is 6.31. The van der Waals surface area contributed by atoms with E-state index in [1.165, 1.54) is 0 Å². The number of nitrogens with zero attached hydrogens (tertiary/aromatic N) is 1. The van der Waals surface area contributed by atoms with E-state index < -0.39 is 0 Å². The highest BCUT2D eigenvalue weighted by Crippen LogP contribution is 2.24. The van der Waals surface area contributed by atoms with Crippen LogP contribution in [0.4, 0.5) is 0 Å². The van der Waals surface area contributed by atoms with Crippen LogP contribution >= 0.6 is 11.6 Å². The molecule has 0 amide bonds. The largest absolute Gasteiger partial charge is 0.356 e. The Morgan fingerprint density at radius 3 is 2.71 bits per heavy atom. The van der Waals surface area contributed by atoms with E-state index in [1.54, 1.807) is 12.3 Å². The third-order valence-corrected chi connectivity index (χ3v) is 3.58. The van der Waals surface area contributed by atoms with Gasteiger partial charge in [-0.1, -0.05) is 48.0 Å². The van der Waals surface area contributed by atoms with Crippen LogP contribution in [0.1, 0.15) is 15.9 Å². The topological polar surface area (TPSA) is 31.2 Å². The maximum Gasteiger partial charge on any atom is 0.152 e. The minimum Gasteiger partial charge on any atom is -0.356 e. The van der Waals surface area contributed by atoms with Gasteiger partial charge in [0.1, 0.15) is 6.73 Å². The van der Waals surface area contributed by atoms with Crippen molar-refractivity contribution in [2.75, 3.05) is 0 Å². The van der Waals surface area contributed by atoms with Crippen molar-refractivity contribution in [2.24, 2.45) is 0 Å². The molecule has 4 heteroatoms. The van der Waals surface area contributed by atoms with Gasteiger partial charge in [0.05, 0.1) is 12.1 Å². The predicted octanol–water partition coefficient (Wildman–Crippen LogP) is 4.28. The first-order valence-corrected chi connectivity index (χ1v) is 7.01. The van der Waals surface area contributed by atoms with Gasteiger partial charge in [-0.3, -0.25) is 4.79 Å². The van der Waals surface area contributed by atoms with Crippen LogP contribution in [0.5, 0.6) is 0 Å². The van der Waals surface area contributed by atoms with Crippen LogP contribution in [-0.4, -0.2) is 10.9 Å². The van der Waals surface area contributed by atoms with Gasteiger partial charge in [0.25, 0.3) is 0 Å². The molecule has 0 aliphatic heterocycles. The van der Waals surface area contributed by atoms with Crippen molar-refractivity contribution in [1.82, 2.24) is 4.57 Å². The van der Waals surface area contributed by atoms with Crippen molar-refractivity contribution in [3.05, 3.63) is 70.9 Å². The second-order valence-corrected chi connectivity index (χ2v) is 5.23. The molecular formula is C17H14ClNO2. The molecule has 0 saturated heterocycles. The number of ether oxygens (including phenoxy) is 1. The van der Waals surface area contributed by atoms with Crippen LogP contribution in [0.15, 0.2) is 54.7 Å². The van der Waals surface area contributed by atoms with Crippen LogP contribution < -0.4 is 0 Å². The van der Waals surface area contributed by atoms with Gasteiger partial charge in [0, 0.05) is 22.2 Å². The number of halogens is 1. The molecule has 0 radical (unpaired) electrons. The van der Waals surface area contributed by atoms with Gasteiger partial charge in [-0.2, -0.15) is 0 Å². The van der Waals surface area contributed by atoms with Gasteiger partial charge in [-0.15, -0.1) is 0 Å². The minimum atomic E-state index is 0.375. The third kappa shape index (κ3) is 2.99. The Morgan fingerprint density at radius 2 is 1.95 bits per heavy atom. The van der Waals surface area contributed by atoms with Crippen LogP contribution in [-0.2, 0) is 18.1 Å². The summed E-state index contributed by atoms with van der Waals surface area (Å²) in [5, 5.41) is 1.53. The molecule has 1 aromatic heterocycles. The van der Waals surface area contributed by atoms with Crippen LogP contribution in [0.2, 0.25) is 5.02 Å². The lowest BCUT2D eigenvalue weighted by atomic mass is 10.2. The van der Waals surface area contributed by atoms with E-state index in [0.717, 1.165) is 22.8 Å². The molecule has 0 saturated carbocycles. The van der Waals surface area contributed by atoms with Gasteiger partial charge in [0.2, 0.25) is 0 Å². The SMILES string of the molecule is O=Cc1cn(COCc2ccccc2)c2cc(Cl)ccc12. The molecule has 0 aliphatic rings. The van der Waals surface area contributed by atoms with Crippen molar-refractivity contribution in [3.63, 3.8) is 0 Å². The summed E-state index contributed by atoms with van der Waals surface area (Å²) in [4.78, 5) is 11.1. The van der Waals surface area contributed by atoms with Crippen molar-refractivity contribution < 1.29 is 9.53 Å². The summed E-state index contributed by atoms with van der Waals surface area (Å²) in [6, 6.07) is 15.4. The van der Waals surface area contributed by atoms with Gasteiger partial charge in [0.15, 0.2) is 6.29 Å². The Hall–Kier alpha value is -2.10. The third-order valence-electron chi connectivity index (χ3n) is 3.34. The molecule has 1 heterocycles. The highest BCUT2D eigenvalue weighted by atomic mass is 35.5. The number of fused-ring (bicyclic) bond motifs is 1. The van der Waals surface area contributed by atoms with Gasteiger partial charge < -0.3 is 9.30 Å². The second kappa shape index (κ2) is 6.12. The smallest absolute Gasteiger partial charge is 0.152 e. The summed E-state index contributed by atoms with van der Waals surface area (Å²) in [5.74, 6) is 0. The van der Waals surface area contributed by atoms with E-state index >= 15 is 0 Å². The Balaban J connectivity index is 1.80. The summed E-state index contributed by atoms with van der Waals surface area (Å²) in [6.45, 7) is 0.900. The fourth-order valence-corrected chi connectivity index (χ4v) is 2.50. The molecule has 0 bridgehead atoms. The average molecular weight is 300 g/mol. The first kappa shape index (κ1) is 13.9. The summed E-state index contributed by atoms with van der Waals surface area (Å²) in [7, 11) is 0. The fourth-order valence-electron chi connectivity index (χ4n) is 2.33. The zero-order chi connectivity index (χ0) is 14.7. The Bertz CT molecular complexity index is 765. The summed E-state index contributed by atoms with van der Waals surface area (Å²) >= 11 is 6.03. The fraction of sp³-hybridized carbons (Fsp3) is 0.118. The normalized spacial score (nSPS) is 10.9. The molecule has 0 N–H and O–H groups in total. The number of rotatable bonds is 5. The van der Waals surface area contributed by atoms with E-state index in [0.29, 0.717) is 23.9 Å². The average Bonchev–Trinajstić information content (AvgIpc) is 2.86. The van der Waals surface area contributed by atoms with Crippen LogP contribution in [0.3, 0.4) is 0 Å². The molecule has 0 unspecified atom stereocenters. The first-order chi connectivity index (χ1) is 10.3. The lowest BCUT2D eigenvalue weighted by molar-refractivity contribution is 0.0667. The van der Waals surface area contributed by atoms with E-state index in [2.05, 4.69) is 0 Å². The van der Waals surface area contributed by atoms with Crippen molar-refractivity contribution in [2.45, 2.75) is 13.3 Å². The number of benzene rings is 2. The summed E-state index contributed by atoms with van der Waals surface area (Å²) in [5.41, 5.74) is 2.66.